The van der Waals surface area contributed by atoms with Crippen molar-refractivity contribution in [1.82, 2.24) is 9.80 Å². The first-order valence-corrected chi connectivity index (χ1v) is 6.56. The average molecular weight is 211 g/mol. The highest BCUT2D eigenvalue weighted by atomic mass is 15.2. The first-order valence-electron chi connectivity index (χ1n) is 6.56. The summed E-state index contributed by atoms with van der Waals surface area (Å²) in [6.45, 7) is 7.13. The quantitative estimate of drug-likeness (QED) is 0.752. The second kappa shape index (κ2) is 5.83. The third-order valence-corrected chi connectivity index (χ3v) is 3.91. The lowest BCUT2D eigenvalue weighted by atomic mass is 10.00. The van der Waals surface area contributed by atoms with Gasteiger partial charge in [-0.3, -0.25) is 0 Å². The van der Waals surface area contributed by atoms with Crippen molar-refractivity contribution in [2.45, 2.75) is 38.1 Å². The Morgan fingerprint density at radius 1 is 0.933 bits per heavy atom. The molecule has 2 saturated heterocycles. The average Bonchev–Trinajstić information content (AvgIpc) is 2.32. The summed E-state index contributed by atoms with van der Waals surface area (Å²) < 4.78 is 0. The maximum absolute atomic E-state index is 5.58. The van der Waals surface area contributed by atoms with E-state index >= 15 is 0 Å². The molecule has 0 aliphatic carbocycles. The van der Waals surface area contributed by atoms with Crippen LogP contribution < -0.4 is 5.73 Å². The van der Waals surface area contributed by atoms with Gasteiger partial charge >= 0.3 is 0 Å². The van der Waals surface area contributed by atoms with Gasteiger partial charge in [0.25, 0.3) is 0 Å². The minimum Gasteiger partial charge on any atom is -0.329 e. The number of nitrogens with zero attached hydrogens (tertiary/aromatic N) is 2. The van der Waals surface area contributed by atoms with Gasteiger partial charge in [0.05, 0.1) is 0 Å². The van der Waals surface area contributed by atoms with E-state index < -0.39 is 0 Å². The fourth-order valence-corrected chi connectivity index (χ4v) is 2.97. The van der Waals surface area contributed by atoms with Crippen LogP contribution >= 0.6 is 0 Å². The van der Waals surface area contributed by atoms with Crippen LogP contribution in [0.2, 0.25) is 0 Å². The largest absolute Gasteiger partial charge is 0.329 e. The normalized spacial score (nSPS) is 27.0. The molecule has 3 heteroatoms. The van der Waals surface area contributed by atoms with E-state index in [1.807, 2.05) is 0 Å². The lowest BCUT2D eigenvalue weighted by molar-refractivity contribution is 0.0939. The monoisotopic (exact) mass is 211 g/mol. The molecule has 0 radical (unpaired) electrons. The summed E-state index contributed by atoms with van der Waals surface area (Å²) in [4.78, 5) is 5.24. The number of hydrogen-bond acceptors (Lipinski definition) is 3. The summed E-state index contributed by atoms with van der Waals surface area (Å²) >= 11 is 0. The molecule has 2 fully saturated rings. The zero-order chi connectivity index (χ0) is 10.5. The molecule has 15 heavy (non-hydrogen) atoms. The Morgan fingerprint density at radius 2 is 1.60 bits per heavy atom. The minimum atomic E-state index is 0.814. The van der Waals surface area contributed by atoms with Crippen molar-refractivity contribution in [3.63, 3.8) is 0 Å². The Balaban J connectivity index is 1.72. The number of likely N-dealkylation sites (tertiary alicyclic amines) is 2. The summed E-state index contributed by atoms with van der Waals surface area (Å²) in [7, 11) is 0. The molecule has 0 aromatic carbocycles. The van der Waals surface area contributed by atoms with Crippen molar-refractivity contribution in [3.05, 3.63) is 0 Å². The molecule has 0 amide bonds. The number of rotatable bonds is 3. The standard InChI is InChI=1S/C12H25N3/c13-6-11-14-9-4-12(5-10-14)15-7-2-1-3-8-15/h12H,1-11,13H2. The number of hydrogen-bond donors (Lipinski definition) is 1. The zero-order valence-corrected chi connectivity index (χ0v) is 9.83. The molecular weight excluding hydrogens is 186 g/mol. The van der Waals surface area contributed by atoms with Gasteiger partial charge in [-0.25, -0.2) is 0 Å². The molecule has 2 aliphatic rings. The lowest BCUT2D eigenvalue weighted by Crippen LogP contribution is -2.47. The van der Waals surface area contributed by atoms with Gasteiger partial charge in [0.1, 0.15) is 0 Å². The molecule has 0 bridgehead atoms. The summed E-state index contributed by atoms with van der Waals surface area (Å²) in [6, 6.07) is 0.874. The predicted molar refractivity (Wildman–Crippen MR) is 63.9 cm³/mol. The molecule has 3 nitrogen and oxygen atoms in total. The van der Waals surface area contributed by atoms with Crippen LogP contribution in [0.3, 0.4) is 0 Å². The molecule has 0 spiro atoms. The van der Waals surface area contributed by atoms with Gasteiger partial charge in [-0.1, -0.05) is 6.42 Å². The van der Waals surface area contributed by atoms with Gasteiger partial charge in [0, 0.05) is 19.1 Å². The van der Waals surface area contributed by atoms with E-state index in [2.05, 4.69) is 9.80 Å². The van der Waals surface area contributed by atoms with Crippen LogP contribution in [0.15, 0.2) is 0 Å². The van der Waals surface area contributed by atoms with Gasteiger partial charge in [0.15, 0.2) is 0 Å². The van der Waals surface area contributed by atoms with E-state index in [4.69, 9.17) is 5.73 Å². The Bertz CT molecular complexity index is 170. The highest BCUT2D eigenvalue weighted by Gasteiger charge is 2.24. The molecule has 2 aliphatic heterocycles. The van der Waals surface area contributed by atoms with Crippen LogP contribution in [-0.4, -0.2) is 55.1 Å². The Hall–Kier alpha value is -0.120. The fourth-order valence-electron chi connectivity index (χ4n) is 2.97. The van der Waals surface area contributed by atoms with Crippen molar-refractivity contribution in [1.29, 1.82) is 0 Å². The van der Waals surface area contributed by atoms with Gasteiger partial charge in [-0.15, -0.1) is 0 Å². The van der Waals surface area contributed by atoms with Crippen LogP contribution in [0.25, 0.3) is 0 Å². The third kappa shape index (κ3) is 3.16. The molecule has 2 rings (SSSR count). The molecular formula is C12H25N3. The zero-order valence-electron chi connectivity index (χ0n) is 9.83. The van der Waals surface area contributed by atoms with E-state index in [-0.39, 0.29) is 0 Å². The lowest BCUT2D eigenvalue weighted by Gasteiger charge is -2.40. The number of nitrogens with two attached hydrogens (primary N) is 1. The predicted octanol–water partition coefficient (Wildman–Crippen LogP) is 0.895. The smallest absolute Gasteiger partial charge is 0.0120 e. The molecule has 0 aromatic heterocycles. The fraction of sp³-hybridized carbons (Fsp3) is 1.00. The summed E-state index contributed by atoms with van der Waals surface area (Å²) in [5.74, 6) is 0. The summed E-state index contributed by atoms with van der Waals surface area (Å²) in [5.41, 5.74) is 5.58. The Morgan fingerprint density at radius 3 is 2.20 bits per heavy atom. The molecule has 0 unspecified atom stereocenters. The van der Waals surface area contributed by atoms with Gasteiger partial charge in [-0.2, -0.15) is 0 Å². The molecule has 2 heterocycles. The first kappa shape index (κ1) is 11.4. The second-order valence-electron chi connectivity index (χ2n) is 4.96. The van der Waals surface area contributed by atoms with Crippen LogP contribution in [0.5, 0.6) is 0 Å². The summed E-state index contributed by atoms with van der Waals surface area (Å²) in [6.07, 6.45) is 7.01. The maximum Gasteiger partial charge on any atom is 0.0120 e. The molecule has 0 aromatic rings. The van der Waals surface area contributed by atoms with E-state index in [0.29, 0.717) is 0 Å². The highest BCUT2D eigenvalue weighted by molar-refractivity contribution is 4.81. The van der Waals surface area contributed by atoms with Crippen molar-refractivity contribution in [2.75, 3.05) is 39.3 Å². The number of piperidine rings is 2. The van der Waals surface area contributed by atoms with E-state index in [9.17, 15) is 0 Å². The molecule has 0 saturated carbocycles. The molecule has 88 valence electrons. The SMILES string of the molecule is NCCN1CCC(N2CCCCC2)CC1. The van der Waals surface area contributed by atoms with Gasteiger partial charge in [-0.05, 0) is 51.9 Å². The van der Waals surface area contributed by atoms with Crippen molar-refractivity contribution in [2.24, 2.45) is 5.73 Å². The van der Waals surface area contributed by atoms with Crippen LogP contribution in [-0.2, 0) is 0 Å². The van der Waals surface area contributed by atoms with Crippen molar-refractivity contribution in [3.8, 4) is 0 Å². The molecule has 0 atom stereocenters. The Kier molecular flexibility index (Phi) is 4.42. The maximum atomic E-state index is 5.58. The summed E-state index contributed by atoms with van der Waals surface area (Å²) in [5, 5.41) is 0. The van der Waals surface area contributed by atoms with Gasteiger partial charge in [0.2, 0.25) is 0 Å². The van der Waals surface area contributed by atoms with Gasteiger partial charge < -0.3 is 15.5 Å². The Labute approximate surface area is 93.6 Å². The second-order valence-corrected chi connectivity index (χ2v) is 4.96. The van der Waals surface area contributed by atoms with Crippen molar-refractivity contribution >= 4 is 0 Å². The van der Waals surface area contributed by atoms with Crippen LogP contribution in [0.1, 0.15) is 32.1 Å². The molecule has 2 N–H and O–H groups in total. The third-order valence-electron chi connectivity index (χ3n) is 3.91. The topological polar surface area (TPSA) is 32.5 Å². The van der Waals surface area contributed by atoms with Crippen LogP contribution in [0, 0.1) is 0 Å². The van der Waals surface area contributed by atoms with E-state index in [1.54, 1.807) is 0 Å². The van der Waals surface area contributed by atoms with E-state index in [1.165, 1.54) is 58.3 Å². The minimum absolute atomic E-state index is 0.814. The highest BCUT2D eigenvalue weighted by Crippen LogP contribution is 2.20. The van der Waals surface area contributed by atoms with E-state index in [0.717, 1.165) is 19.1 Å². The van der Waals surface area contributed by atoms with Crippen molar-refractivity contribution < 1.29 is 0 Å². The first-order chi connectivity index (χ1) is 7.40. The van der Waals surface area contributed by atoms with Crippen LogP contribution in [0.4, 0.5) is 0 Å².